The van der Waals surface area contributed by atoms with Crippen molar-refractivity contribution in [2.75, 3.05) is 13.2 Å². The Labute approximate surface area is 128 Å². The van der Waals surface area contributed by atoms with Crippen molar-refractivity contribution < 1.29 is 19.2 Å². The summed E-state index contributed by atoms with van der Waals surface area (Å²) in [5, 5.41) is 13.7. The highest BCUT2D eigenvalue weighted by Gasteiger charge is 2.19. The molecule has 0 aliphatic rings. The molecule has 1 aromatic rings. The van der Waals surface area contributed by atoms with Crippen molar-refractivity contribution >= 4 is 17.4 Å². The smallest absolute Gasteiger partial charge is 0.311 e. The number of hydrogen-bond acceptors (Lipinski definition) is 5. The number of nitrogens with one attached hydrogen (secondary N) is 1. The lowest BCUT2D eigenvalue weighted by Gasteiger charge is -2.10. The lowest BCUT2D eigenvalue weighted by Crippen LogP contribution is -2.31. The number of benzene rings is 1. The molecule has 0 aromatic heterocycles. The number of nitro groups is 1. The van der Waals surface area contributed by atoms with Crippen LogP contribution >= 0.6 is 0 Å². The molecule has 0 saturated carbocycles. The fourth-order valence-corrected chi connectivity index (χ4v) is 1.67. The van der Waals surface area contributed by atoms with Gasteiger partial charge in [0.15, 0.2) is 18.1 Å². The van der Waals surface area contributed by atoms with Gasteiger partial charge >= 0.3 is 5.69 Å². The third-order valence-electron chi connectivity index (χ3n) is 2.86. The van der Waals surface area contributed by atoms with E-state index in [0.717, 1.165) is 0 Å². The third-order valence-corrected chi connectivity index (χ3v) is 2.86. The van der Waals surface area contributed by atoms with E-state index in [4.69, 9.17) is 4.74 Å². The van der Waals surface area contributed by atoms with Gasteiger partial charge in [0, 0.05) is 24.6 Å². The van der Waals surface area contributed by atoms with Gasteiger partial charge in [0.25, 0.3) is 5.91 Å². The van der Waals surface area contributed by atoms with Gasteiger partial charge in [0.05, 0.1) is 4.92 Å². The lowest BCUT2D eigenvalue weighted by atomic mass is 10.1. The van der Waals surface area contributed by atoms with Crippen molar-refractivity contribution in [1.29, 1.82) is 0 Å². The van der Waals surface area contributed by atoms with Crippen molar-refractivity contribution in [3.05, 3.63) is 33.9 Å². The lowest BCUT2D eigenvalue weighted by molar-refractivity contribution is -0.385. The average Bonchev–Trinajstić information content (AvgIpc) is 2.49. The molecular formula is C15H20N2O5. The first-order valence-corrected chi connectivity index (χ1v) is 7.06. The molecule has 7 nitrogen and oxygen atoms in total. The Kier molecular flexibility index (Phi) is 6.49. The number of hydrogen-bond donors (Lipinski definition) is 1. The Bertz CT molecular complexity index is 569. The maximum Gasteiger partial charge on any atom is 0.311 e. The summed E-state index contributed by atoms with van der Waals surface area (Å²) in [6, 6.07) is 3.98. The topological polar surface area (TPSA) is 98.5 Å². The molecule has 1 amide bonds. The molecule has 1 N–H and O–H groups in total. The van der Waals surface area contributed by atoms with Crippen molar-refractivity contribution in [2.24, 2.45) is 5.92 Å². The molecule has 0 spiro atoms. The first-order chi connectivity index (χ1) is 10.3. The van der Waals surface area contributed by atoms with Crippen LogP contribution in [0.5, 0.6) is 5.75 Å². The fraction of sp³-hybridized carbons (Fsp3) is 0.467. The molecule has 1 aromatic carbocycles. The van der Waals surface area contributed by atoms with Gasteiger partial charge in [-0.25, -0.2) is 0 Å². The molecule has 0 fully saturated rings. The first kappa shape index (κ1) is 17.6. The number of amides is 1. The fourth-order valence-electron chi connectivity index (χ4n) is 1.67. The predicted molar refractivity (Wildman–Crippen MR) is 81.1 cm³/mol. The summed E-state index contributed by atoms with van der Waals surface area (Å²) < 4.78 is 5.20. The number of Topliss-reactive ketones (excluding diaryl/α,β-unsaturated/α-hetero) is 1. The molecule has 0 saturated heterocycles. The SMILES string of the molecule is CCC(=O)c1ccc(OCC(=O)NCC(C)C)c([N+](=O)[O-])c1. The summed E-state index contributed by atoms with van der Waals surface area (Å²) in [5.41, 5.74) is -0.0678. The number of ketones is 1. The highest BCUT2D eigenvalue weighted by Crippen LogP contribution is 2.28. The van der Waals surface area contributed by atoms with E-state index in [9.17, 15) is 19.7 Å². The molecule has 0 unspecified atom stereocenters. The zero-order valence-corrected chi connectivity index (χ0v) is 12.9. The van der Waals surface area contributed by atoms with E-state index in [-0.39, 0.29) is 41.7 Å². The Hall–Kier alpha value is -2.44. The minimum Gasteiger partial charge on any atom is -0.477 e. The minimum atomic E-state index is -0.631. The number of rotatable bonds is 8. The van der Waals surface area contributed by atoms with Crippen LogP contribution in [0, 0.1) is 16.0 Å². The van der Waals surface area contributed by atoms with Crippen molar-refractivity contribution in [2.45, 2.75) is 27.2 Å². The van der Waals surface area contributed by atoms with Crippen LogP contribution in [-0.4, -0.2) is 29.8 Å². The zero-order valence-electron chi connectivity index (χ0n) is 12.9. The molecule has 7 heteroatoms. The maximum atomic E-state index is 11.6. The van der Waals surface area contributed by atoms with Crippen LogP contribution in [0.15, 0.2) is 18.2 Å². The minimum absolute atomic E-state index is 0.0302. The molecule has 1 rings (SSSR count). The van der Waals surface area contributed by atoms with Crippen LogP contribution in [0.1, 0.15) is 37.6 Å². The summed E-state index contributed by atoms with van der Waals surface area (Å²) in [6.45, 7) is 5.78. The van der Waals surface area contributed by atoms with E-state index < -0.39 is 4.92 Å². The Morgan fingerprint density at radius 1 is 1.36 bits per heavy atom. The molecule has 0 aliphatic carbocycles. The van der Waals surface area contributed by atoms with E-state index >= 15 is 0 Å². The van der Waals surface area contributed by atoms with Crippen LogP contribution in [0.3, 0.4) is 0 Å². The molecule has 0 aliphatic heterocycles. The number of ether oxygens (including phenoxy) is 1. The van der Waals surface area contributed by atoms with Gasteiger partial charge in [-0.05, 0) is 18.1 Å². The molecule has 22 heavy (non-hydrogen) atoms. The second-order valence-electron chi connectivity index (χ2n) is 5.20. The molecular weight excluding hydrogens is 288 g/mol. The van der Waals surface area contributed by atoms with Gasteiger partial charge in [0.1, 0.15) is 0 Å². The standard InChI is InChI=1S/C15H20N2O5/c1-4-13(18)11-5-6-14(12(7-11)17(20)21)22-9-15(19)16-8-10(2)3/h5-7,10H,4,8-9H2,1-3H3,(H,16,19). The quantitative estimate of drug-likeness (QED) is 0.451. The van der Waals surface area contributed by atoms with E-state index in [0.29, 0.717) is 12.5 Å². The summed E-state index contributed by atoms with van der Waals surface area (Å²) in [5.74, 6) is -0.268. The molecule has 0 heterocycles. The summed E-state index contributed by atoms with van der Waals surface area (Å²) in [6.07, 6.45) is 0.259. The molecule has 0 atom stereocenters. The largest absolute Gasteiger partial charge is 0.477 e. The normalized spacial score (nSPS) is 10.4. The predicted octanol–water partition coefficient (Wildman–Crippen LogP) is 2.34. The third kappa shape index (κ3) is 5.16. The Morgan fingerprint density at radius 2 is 2.05 bits per heavy atom. The number of carbonyl (C=O) groups is 2. The highest BCUT2D eigenvalue weighted by molar-refractivity contribution is 5.96. The van der Waals surface area contributed by atoms with Crippen LogP contribution < -0.4 is 10.1 Å². The first-order valence-electron chi connectivity index (χ1n) is 7.06. The Morgan fingerprint density at radius 3 is 2.59 bits per heavy atom. The van der Waals surface area contributed by atoms with E-state index in [2.05, 4.69) is 5.32 Å². The van der Waals surface area contributed by atoms with E-state index in [1.54, 1.807) is 6.92 Å². The van der Waals surface area contributed by atoms with Crippen molar-refractivity contribution in [1.82, 2.24) is 5.32 Å². The molecule has 0 bridgehead atoms. The van der Waals surface area contributed by atoms with Gasteiger partial charge < -0.3 is 10.1 Å². The van der Waals surface area contributed by atoms with Crippen LogP contribution in [0.25, 0.3) is 0 Å². The summed E-state index contributed by atoms with van der Waals surface area (Å²) in [4.78, 5) is 33.6. The van der Waals surface area contributed by atoms with Crippen molar-refractivity contribution in [3.63, 3.8) is 0 Å². The average molecular weight is 308 g/mol. The van der Waals surface area contributed by atoms with Crippen LogP contribution in [0.4, 0.5) is 5.69 Å². The summed E-state index contributed by atoms with van der Waals surface area (Å²) >= 11 is 0. The second kappa shape index (κ2) is 8.11. The van der Waals surface area contributed by atoms with Gasteiger partial charge in [-0.15, -0.1) is 0 Å². The van der Waals surface area contributed by atoms with E-state index in [1.807, 2.05) is 13.8 Å². The van der Waals surface area contributed by atoms with Gasteiger partial charge in [-0.1, -0.05) is 20.8 Å². The monoisotopic (exact) mass is 308 g/mol. The second-order valence-corrected chi connectivity index (χ2v) is 5.20. The van der Waals surface area contributed by atoms with Crippen LogP contribution in [-0.2, 0) is 4.79 Å². The van der Waals surface area contributed by atoms with Gasteiger partial charge in [-0.3, -0.25) is 19.7 Å². The van der Waals surface area contributed by atoms with Crippen molar-refractivity contribution in [3.8, 4) is 5.75 Å². The molecule has 120 valence electrons. The van der Waals surface area contributed by atoms with E-state index in [1.165, 1.54) is 18.2 Å². The number of nitro benzene ring substituents is 1. The number of nitrogens with zero attached hydrogens (tertiary/aromatic N) is 1. The number of carbonyl (C=O) groups excluding carboxylic acids is 2. The highest BCUT2D eigenvalue weighted by atomic mass is 16.6. The van der Waals surface area contributed by atoms with Gasteiger partial charge in [-0.2, -0.15) is 0 Å². The summed E-state index contributed by atoms with van der Waals surface area (Å²) in [7, 11) is 0. The zero-order chi connectivity index (χ0) is 16.7. The Balaban J connectivity index is 2.80. The van der Waals surface area contributed by atoms with Crippen LogP contribution in [0.2, 0.25) is 0 Å². The van der Waals surface area contributed by atoms with Gasteiger partial charge in [0.2, 0.25) is 0 Å². The molecule has 0 radical (unpaired) electrons. The maximum absolute atomic E-state index is 11.6.